The van der Waals surface area contributed by atoms with Crippen LogP contribution in [0.2, 0.25) is 0 Å². The average Bonchev–Trinajstić information content (AvgIpc) is 2.67. The molecule has 1 aliphatic heterocycles. The predicted octanol–water partition coefficient (Wildman–Crippen LogP) is 2.63. The highest BCUT2D eigenvalue weighted by molar-refractivity contribution is 7.09. The topological polar surface area (TPSA) is 24.9 Å². The molecule has 2 heterocycles. The second-order valence-electron chi connectivity index (χ2n) is 3.61. The summed E-state index contributed by atoms with van der Waals surface area (Å²) in [6, 6.07) is 0. The van der Waals surface area contributed by atoms with Gasteiger partial charge in [0.25, 0.3) is 0 Å². The van der Waals surface area contributed by atoms with Gasteiger partial charge in [0.15, 0.2) is 5.69 Å². The van der Waals surface area contributed by atoms with Crippen LogP contribution in [0.4, 0.5) is 13.2 Å². The van der Waals surface area contributed by atoms with E-state index in [4.69, 9.17) is 0 Å². The first kappa shape index (κ1) is 10.9. The number of piperidine rings is 1. The molecule has 0 saturated carbocycles. The lowest BCUT2D eigenvalue weighted by atomic mass is 10.0. The summed E-state index contributed by atoms with van der Waals surface area (Å²) in [7, 11) is 0. The first-order valence-electron chi connectivity index (χ1n) is 4.80. The number of alkyl halides is 3. The summed E-state index contributed by atoms with van der Waals surface area (Å²) in [6.45, 7) is 1.69. The summed E-state index contributed by atoms with van der Waals surface area (Å²) < 4.78 is 36.9. The molecule has 1 aromatic heterocycles. The maximum absolute atomic E-state index is 12.3. The Hall–Kier alpha value is -0.620. The maximum atomic E-state index is 12.3. The van der Waals surface area contributed by atoms with Gasteiger partial charge in [-0.25, -0.2) is 4.98 Å². The molecule has 1 saturated heterocycles. The zero-order valence-corrected chi connectivity index (χ0v) is 8.79. The Morgan fingerprint density at radius 3 is 2.80 bits per heavy atom. The fraction of sp³-hybridized carbons (Fsp3) is 0.667. The van der Waals surface area contributed by atoms with Crippen LogP contribution in [0.25, 0.3) is 0 Å². The van der Waals surface area contributed by atoms with Gasteiger partial charge < -0.3 is 5.32 Å². The van der Waals surface area contributed by atoms with Gasteiger partial charge in [-0.2, -0.15) is 13.2 Å². The van der Waals surface area contributed by atoms with Crippen LogP contribution >= 0.6 is 11.3 Å². The SMILES string of the molecule is FC(F)(F)c1csc(C2CCCNC2)n1. The van der Waals surface area contributed by atoms with Gasteiger partial charge in [-0.15, -0.1) is 11.3 Å². The van der Waals surface area contributed by atoms with Gasteiger partial charge in [-0.05, 0) is 19.4 Å². The average molecular weight is 236 g/mol. The van der Waals surface area contributed by atoms with Crippen LogP contribution in [0, 0.1) is 0 Å². The van der Waals surface area contributed by atoms with Crippen LogP contribution in [-0.2, 0) is 6.18 Å². The molecule has 1 atom stereocenters. The molecule has 0 aromatic carbocycles. The van der Waals surface area contributed by atoms with Crippen LogP contribution in [0.5, 0.6) is 0 Å². The van der Waals surface area contributed by atoms with Crippen molar-refractivity contribution in [2.45, 2.75) is 24.9 Å². The molecule has 2 nitrogen and oxygen atoms in total. The first-order chi connectivity index (χ1) is 7.07. The van der Waals surface area contributed by atoms with Crippen molar-refractivity contribution in [2.75, 3.05) is 13.1 Å². The molecule has 0 spiro atoms. The van der Waals surface area contributed by atoms with Crippen molar-refractivity contribution in [1.82, 2.24) is 10.3 Å². The second-order valence-corrected chi connectivity index (χ2v) is 4.50. The van der Waals surface area contributed by atoms with Gasteiger partial charge in [0.1, 0.15) is 0 Å². The molecular weight excluding hydrogens is 225 g/mol. The molecule has 0 amide bonds. The second kappa shape index (κ2) is 4.09. The standard InChI is InChI=1S/C9H11F3N2S/c10-9(11,12)7-5-15-8(14-7)6-2-1-3-13-4-6/h5-6,13H,1-4H2. The van der Waals surface area contributed by atoms with Crippen molar-refractivity contribution in [3.8, 4) is 0 Å². The lowest BCUT2D eigenvalue weighted by molar-refractivity contribution is -0.140. The normalized spacial score (nSPS) is 23.0. The lowest BCUT2D eigenvalue weighted by Crippen LogP contribution is -2.28. The summed E-state index contributed by atoms with van der Waals surface area (Å²) in [6.07, 6.45) is -2.37. The third kappa shape index (κ3) is 2.49. The van der Waals surface area contributed by atoms with Gasteiger partial charge in [0.05, 0.1) is 5.01 Å². The first-order valence-corrected chi connectivity index (χ1v) is 5.68. The van der Waals surface area contributed by atoms with Crippen molar-refractivity contribution in [2.24, 2.45) is 0 Å². The zero-order valence-electron chi connectivity index (χ0n) is 7.97. The highest BCUT2D eigenvalue weighted by Gasteiger charge is 2.34. The molecule has 0 bridgehead atoms. The number of nitrogens with one attached hydrogen (secondary N) is 1. The molecule has 0 aliphatic carbocycles. The van der Waals surface area contributed by atoms with E-state index in [0.717, 1.165) is 42.6 Å². The van der Waals surface area contributed by atoms with Crippen LogP contribution in [0.1, 0.15) is 29.5 Å². The van der Waals surface area contributed by atoms with Crippen molar-refractivity contribution in [1.29, 1.82) is 0 Å². The summed E-state index contributed by atoms with van der Waals surface area (Å²) in [4.78, 5) is 3.66. The maximum Gasteiger partial charge on any atom is 0.434 e. The Morgan fingerprint density at radius 1 is 1.47 bits per heavy atom. The van der Waals surface area contributed by atoms with E-state index in [2.05, 4.69) is 10.3 Å². The third-order valence-corrected chi connectivity index (χ3v) is 3.47. The van der Waals surface area contributed by atoms with E-state index >= 15 is 0 Å². The smallest absolute Gasteiger partial charge is 0.316 e. The fourth-order valence-corrected chi connectivity index (χ4v) is 2.63. The van der Waals surface area contributed by atoms with E-state index in [1.807, 2.05) is 0 Å². The molecule has 6 heteroatoms. The molecule has 1 unspecified atom stereocenters. The van der Waals surface area contributed by atoms with Gasteiger partial charge in [0.2, 0.25) is 0 Å². The summed E-state index contributed by atoms with van der Waals surface area (Å²) in [5, 5.41) is 4.87. The van der Waals surface area contributed by atoms with Crippen molar-refractivity contribution in [3.05, 3.63) is 16.1 Å². The van der Waals surface area contributed by atoms with E-state index in [1.54, 1.807) is 0 Å². The molecule has 1 N–H and O–H groups in total. The summed E-state index contributed by atoms with van der Waals surface area (Å²) in [5.74, 6) is 0.153. The molecule has 1 fully saturated rings. The van der Waals surface area contributed by atoms with E-state index in [1.165, 1.54) is 0 Å². The van der Waals surface area contributed by atoms with Crippen molar-refractivity contribution < 1.29 is 13.2 Å². The Morgan fingerprint density at radius 2 is 2.27 bits per heavy atom. The number of hydrogen-bond acceptors (Lipinski definition) is 3. The minimum Gasteiger partial charge on any atom is -0.316 e. The van der Waals surface area contributed by atoms with Gasteiger partial charge >= 0.3 is 6.18 Å². The predicted molar refractivity (Wildman–Crippen MR) is 52.0 cm³/mol. The molecule has 1 aromatic rings. The molecule has 15 heavy (non-hydrogen) atoms. The highest BCUT2D eigenvalue weighted by Crippen LogP contribution is 2.33. The third-order valence-electron chi connectivity index (χ3n) is 2.46. The molecule has 2 rings (SSSR count). The van der Waals surface area contributed by atoms with Gasteiger partial charge in [0, 0.05) is 17.8 Å². The quantitative estimate of drug-likeness (QED) is 0.810. The minimum absolute atomic E-state index is 0.153. The Balaban J connectivity index is 2.12. The number of rotatable bonds is 1. The lowest BCUT2D eigenvalue weighted by Gasteiger charge is -2.20. The monoisotopic (exact) mass is 236 g/mol. The van der Waals surface area contributed by atoms with Gasteiger partial charge in [-0.3, -0.25) is 0 Å². The van der Waals surface area contributed by atoms with Crippen molar-refractivity contribution in [3.63, 3.8) is 0 Å². The summed E-state index contributed by atoms with van der Waals surface area (Å²) >= 11 is 1.11. The number of nitrogens with zero attached hydrogens (tertiary/aromatic N) is 1. The molecular formula is C9H11F3N2S. The van der Waals surface area contributed by atoms with Crippen LogP contribution in [0.15, 0.2) is 5.38 Å². The van der Waals surface area contributed by atoms with E-state index in [-0.39, 0.29) is 5.92 Å². The van der Waals surface area contributed by atoms with Crippen LogP contribution in [-0.4, -0.2) is 18.1 Å². The Labute approximate surface area is 89.5 Å². The number of hydrogen-bond donors (Lipinski definition) is 1. The summed E-state index contributed by atoms with van der Waals surface area (Å²) in [5.41, 5.74) is -0.756. The largest absolute Gasteiger partial charge is 0.434 e. The van der Waals surface area contributed by atoms with E-state index in [9.17, 15) is 13.2 Å². The Bertz CT molecular complexity index is 328. The zero-order chi connectivity index (χ0) is 10.9. The molecule has 1 aliphatic rings. The van der Waals surface area contributed by atoms with Crippen LogP contribution in [0.3, 0.4) is 0 Å². The Kier molecular flexibility index (Phi) is 2.97. The minimum atomic E-state index is -4.31. The number of thiazole rings is 1. The van der Waals surface area contributed by atoms with E-state index in [0.29, 0.717) is 5.01 Å². The number of halogens is 3. The highest BCUT2D eigenvalue weighted by atomic mass is 32.1. The molecule has 84 valence electrons. The van der Waals surface area contributed by atoms with E-state index < -0.39 is 11.9 Å². The van der Waals surface area contributed by atoms with Crippen molar-refractivity contribution >= 4 is 11.3 Å². The fourth-order valence-electron chi connectivity index (χ4n) is 1.67. The van der Waals surface area contributed by atoms with Gasteiger partial charge in [-0.1, -0.05) is 0 Å². The molecule has 0 radical (unpaired) electrons. The number of aromatic nitrogens is 1. The van der Waals surface area contributed by atoms with Crippen LogP contribution < -0.4 is 5.32 Å².